The fourth-order valence-corrected chi connectivity index (χ4v) is 3.94. The second kappa shape index (κ2) is 5.06. The molecular weight excluding hydrogens is 256 g/mol. The van der Waals surface area contributed by atoms with E-state index in [1.54, 1.807) is 0 Å². The van der Waals surface area contributed by atoms with Crippen LogP contribution >= 0.6 is 11.3 Å². The Balaban J connectivity index is 1.97. The van der Waals surface area contributed by atoms with Crippen LogP contribution in [0, 0.1) is 6.92 Å². The molecule has 0 aliphatic heterocycles. The van der Waals surface area contributed by atoms with Crippen molar-refractivity contribution >= 4 is 27.4 Å². The van der Waals surface area contributed by atoms with Crippen LogP contribution in [0.4, 0.5) is 5.82 Å². The number of thiophene rings is 1. The third kappa shape index (κ3) is 2.44. The molecule has 19 heavy (non-hydrogen) atoms. The Morgan fingerprint density at radius 3 is 2.89 bits per heavy atom. The van der Waals surface area contributed by atoms with Crippen LogP contribution in [-0.2, 0) is 12.8 Å². The van der Waals surface area contributed by atoms with Gasteiger partial charge in [-0.05, 0) is 45.8 Å². The summed E-state index contributed by atoms with van der Waals surface area (Å²) in [5.74, 6) is 1.89. The molecule has 5 heteroatoms. The van der Waals surface area contributed by atoms with Crippen LogP contribution < -0.4 is 5.32 Å². The van der Waals surface area contributed by atoms with Crippen LogP contribution in [-0.4, -0.2) is 42.1 Å². The number of rotatable bonds is 4. The maximum absolute atomic E-state index is 4.61. The van der Waals surface area contributed by atoms with Gasteiger partial charge in [0.2, 0.25) is 0 Å². The predicted molar refractivity (Wildman–Crippen MR) is 81.2 cm³/mol. The van der Waals surface area contributed by atoms with Gasteiger partial charge in [0, 0.05) is 18.0 Å². The molecule has 0 saturated heterocycles. The van der Waals surface area contributed by atoms with Crippen molar-refractivity contribution in [1.29, 1.82) is 0 Å². The van der Waals surface area contributed by atoms with E-state index in [4.69, 9.17) is 0 Å². The van der Waals surface area contributed by atoms with Gasteiger partial charge in [0.1, 0.15) is 16.5 Å². The number of nitrogens with one attached hydrogen (secondary N) is 1. The van der Waals surface area contributed by atoms with Gasteiger partial charge in [-0.3, -0.25) is 0 Å². The molecule has 3 rings (SSSR count). The molecule has 4 nitrogen and oxygen atoms in total. The molecule has 1 aliphatic carbocycles. The van der Waals surface area contributed by atoms with Crippen LogP contribution in [0.15, 0.2) is 0 Å². The minimum Gasteiger partial charge on any atom is -0.368 e. The third-order valence-electron chi connectivity index (χ3n) is 3.53. The lowest BCUT2D eigenvalue weighted by molar-refractivity contribution is 0.425. The topological polar surface area (TPSA) is 41.1 Å². The van der Waals surface area contributed by atoms with Gasteiger partial charge in [-0.25, -0.2) is 9.97 Å². The zero-order valence-corrected chi connectivity index (χ0v) is 12.6. The van der Waals surface area contributed by atoms with Crippen LogP contribution in [0.5, 0.6) is 0 Å². The molecule has 0 radical (unpaired) electrons. The zero-order valence-electron chi connectivity index (χ0n) is 11.8. The van der Waals surface area contributed by atoms with Gasteiger partial charge in [-0.1, -0.05) is 0 Å². The van der Waals surface area contributed by atoms with E-state index in [0.717, 1.165) is 29.6 Å². The minimum absolute atomic E-state index is 0.861. The van der Waals surface area contributed by atoms with Crippen molar-refractivity contribution in [2.24, 2.45) is 0 Å². The van der Waals surface area contributed by atoms with Crippen molar-refractivity contribution in [2.75, 3.05) is 32.5 Å². The second-order valence-electron chi connectivity index (χ2n) is 5.39. The Hall–Kier alpha value is -1.20. The summed E-state index contributed by atoms with van der Waals surface area (Å²) >= 11 is 1.85. The smallest absolute Gasteiger partial charge is 0.138 e. The molecule has 1 N–H and O–H groups in total. The van der Waals surface area contributed by atoms with Crippen molar-refractivity contribution in [1.82, 2.24) is 14.9 Å². The molecule has 0 aromatic carbocycles. The number of fused-ring (bicyclic) bond motifs is 3. The molecule has 0 amide bonds. The number of aryl methyl sites for hydroxylation is 3. The average Bonchev–Trinajstić information content (AvgIpc) is 2.87. The maximum atomic E-state index is 4.61. The summed E-state index contributed by atoms with van der Waals surface area (Å²) in [5, 5.41) is 4.77. The third-order valence-corrected chi connectivity index (χ3v) is 4.71. The molecule has 0 unspecified atom stereocenters. The summed E-state index contributed by atoms with van der Waals surface area (Å²) in [6.45, 7) is 3.90. The second-order valence-corrected chi connectivity index (χ2v) is 6.47. The molecule has 0 atom stereocenters. The van der Waals surface area contributed by atoms with Gasteiger partial charge >= 0.3 is 0 Å². The highest BCUT2D eigenvalue weighted by Crippen LogP contribution is 2.39. The van der Waals surface area contributed by atoms with E-state index in [2.05, 4.69) is 34.3 Å². The highest BCUT2D eigenvalue weighted by Gasteiger charge is 2.21. The largest absolute Gasteiger partial charge is 0.368 e. The van der Waals surface area contributed by atoms with Crippen LogP contribution in [0.25, 0.3) is 10.2 Å². The van der Waals surface area contributed by atoms with E-state index in [-0.39, 0.29) is 0 Å². The zero-order chi connectivity index (χ0) is 13.4. The summed E-state index contributed by atoms with van der Waals surface area (Å²) in [5.41, 5.74) is 1.49. The fraction of sp³-hybridized carbons (Fsp3) is 0.571. The highest BCUT2D eigenvalue weighted by molar-refractivity contribution is 7.19. The van der Waals surface area contributed by atoms with Crippen molar-refractivity contribution in [3.8, 4) is 0 Å². The monoisotopic (exact) mass is 276 g/mol. The molecule has 2 heterocycles. The van der Waals surface area contributed by atoms with E-state index in [1.165, 1.54) is 35.1 Å². The van der Waals surface area contributed by atoms with Gasteiger partial charge in [0.25, 0.3) is 0 Å². The molecule has 2 aromatic rings. The van der Waals surface area contributed by atoms with Crippen molar-refractivity contribution in [2.45, 2.75) is 26.2 Å². The maximum Gasteiger partial charge on any atom is 0.138 e. The lowest BCUT2D eigenvalue weighted by Crippen LogP contribution is -2.21. The molecule has 1 aliphatic rings. The fourth-order valence-electron chi connectivity index (χ4n) is 2.63. The summed E-state index contributed by atoms with van der Waals surface area (Å²) < 4.78 is 0. The average molecular weight is 276 g/mol. The van der Waals surface area contributed by atoms with Crippen molar-refractivity contribution in [3.05, 3.63) is 16.3 Å². The Bertz CT molecular complexity index is 603. The van der Waals surface area contributed by atoms with Gasteiger partial charge in [-0.2, -0.15) is 0 Å². The van der Waals surface area contributed by atoms with Crippen LogP contribution in [0.3, 0.4) is 0 Å². The van der Waals surface area contributed by atoms with Crippen LogP contribution in [0.1, 0.15) is 22.7 Å². The summed E-state index contributed by atoms with van der Waals surface area (Å²) in [4.78, 5) is 14.1. The first-order valence-corrected chi connectivity index (χ1v) is 7.64. The number of hydrogen-bond donors (Lipinski definition) is 1. The van der Waals surface area contributed by atoms with E-state index in [9.17, 15) is 0 Å². The first-order valence-electron chi connectivity index (χ1n) is 6.82. The van der Waals surface area contributed by atoms with Crippen molar-refractivity contribution in [3.63, 3.8) is 0 Å². The lowest BCUT2D eigenvalue weighted by Gasteiger charge is -2.12. The molecule has 0 spiro atoms. The van der Waals surface area contributed by atoms with E-state index >= 15 is 0 Å². The SMILES string of the molecule is Cc1nc(NCCN(C)C)c2c3c(sc2n1)CCC3. The summed E-state index contributed by atoms with van der Waals surface area (Å²) in [6.07, 6.45) is 3.68. The van der Waals surface area contributed by atoms with E-state index in [1.807, 2.05) is 18.3 Å². The summed E-state index contributed by atoms with van der Waals surface area (Å²) in [7, 11) is 4.18. The molecule has 0 fully saturated rings. The van der Waals surface area contributed by atoms with Gasteiger partial charge in [0.05, 0.1) is 5.39 Å². The minimum atomic E-state index is 0.861. The molecule has 102 valence electrons. The summed E-state index contributed by atoms with van der Waals surface area (Å²) in [6, 6.07) is 0. The molecular formula is C14H20N4S. The Labute approximate surface area is 117 Å². The molecule has 2 aromatic heterocycles. The number of hydrogen-bond acceptors (Lipinski definition) is 5. The molecule has 0 saturated carbocycles. The van der Waals surface area contributed by atoms with Crippen molar-refractivity contribution < 1.29 is 0 Å². The number of nitrogens with zero attached hydrogens (tertiary/aromatic N) is 3. The quantitative estimate of drug-likeness (QED) is 0.931. The molecule has 0 bridgehead atoms. The predicted octanol–water partition coefficient (Wildman–Crippen LogP) is 2.46. The normalized spacial score (nSPS) is 14.3. The number of anilines is 1. The number of likely N-dealkylation sites (N-methyl/N-ethyl adjacent to an activating group) is 1. The van der Waals surface area contributed by atoms with Gasteiger partial charge < -0.3 is 10.2 Å². The van der Waals surface area contributed by atoms with E-state index < -0.39 is 0 Å². The van der Waals surface area contributed by atoms with Gasteiger partial charge in [0.15, 0.2) is 0 Å². The lowest BCUT2D eigenvalue weighted by atomic mass is 10.2. The first-order chi connectivity index (χ1) is 9.15. The Kier molecular flexibility index (Phi) is 3.41. The Morgan fingerprint density at radius 2 is 2.11 bits per heavy atom. The van der Waals surface area contributed by atoms with Crippen LogP contribution in [0.2, 0.25) is 0 Å². The van der Waals surface area contributed by atoms with E-state index in [0.29, 0.717) is 0 Å². The first kappa shape index (κ1) is 12.8. The standard InChI is InChI=1S/C14H20N4S/c1-9-16-13(15-7-8-18(2)3)12-10-5-4-6-11(10)19-14(12)17-9/h4-8H2,1-3H3,(H,15,16,17). The van der Waals surface area contributed by atoms with Gasteiger partial charge in [-0.15, -0.1) is 11.3 Å². The number of aromatic nitrogens is 2. The highest BCUT2D eigenvalue weighted by atomic mass is 32.1. The Morgan fingerprint density at radius 1 is 1.26 bits per heavy atom.